The highest BCUT2D eigenvalue weighted by atomic mass is 35.5. The summed E-state index contributed by atoms with van der Waals surface area (Å²) in [4.78, 5) is 4.73. The van der Waals surface area contributed by atoms with E-state index in [0.29, 0.717) is 16.8 Å². The number of nitrogens with two attached hydrogens (primary N) is 1. The van der Waals surface area contributed by atoms with Gasteiger partial charge in [0, 0.05) is 22.3 Å². The monoisotopic (exact) mass is 285 g/mol. The Balaban J connectivity index is 2.32. The van der Waals surface area contributed by atoms with Gasteiger partial charge < -0.3 is 10.3 Å². The number of fused-ring (bicyclic) bond motifs is 1. The van der Waals surface area contributed by atoms with Gasteiger partial charge in [-0.1, -0.05) is 23.7 Å². The number of nitrogens with zero attached hydrogens (tertiary/aromatic N) is 2. The van der Waals surface area contributed by atoms with Gasteiger partial charge in [-0.3, -0.25) is 0 Å². The van der Waals surface area contributed by atoms with Crippen molar-refractivity contribution in [2.45, 2.75) is 19.9 Å². The van der Waals surface area contributed by atoms with Gasteiger partial charge in [0.25, 0.3) is 0 Å². The Morgan fingerprint density at radius 2 is 1.90 bits per heavy atom. The van der Waals surface area contributed by atoms with Crippen LogP contribution >= 0.6 is 11.6 Å². The first kappa shape index (κ1) is 13.0. The molecule has 2 aromatic carbocycles. The molecule has 2 N–H and O–H groups in total. The second-order valence-electron chi connectivity index (χ2n) is 5.12. The molecule has 1 heterocycles. The number of hydrogen-bond donors (Lipinski definition) is 1. The molecule has 0 spiro atoms. The summed E-state index contributed by atoms with van der Waals surface area (Å²) in [6.07, 6.45) is 0. The molecule has 0 saturated carbocycles. The fourth-order valence-corrected chi connectivity index (χ4v) is 2.67. The molecule has 0 aliphatic rings. The maximum Gasteiger partial charge on any atom is 0.143 e. The molecule has 0 aliphatic carbocycles. The zero-order chi connectivity index (χ0) is 14.3. The fraction of sp³-hybridized carbons (Fsp3) is 0.188. The standard InChI is InChI=1S/C16H16ClN3/c1-10(2)20-15-6-4-3-5-14(15)19-16(20)12-8-7-11(17)9-13(12)18/h3-10H,18H2,1-2H3. The van der Waals surface area contributed by atoms with Crippen molar-refractivity contribution < 1.29 is 0 Å². The van der Waals surface area contributed by atoms with E-state index in [9.17, 15) is 0 Å². The minimum Gasteiger partial charge on any atom is -0.398 e. The Bertz CT molecular complexity index is 774. The Morgan fingerprint density at radius 1 is 1.15 bits per heavy atom. The number of imidazole rings is 1. The van der Waals surface area contributed by atoms with E-state index in [1.165, 1.54) is 0 Å². The largest absolute Gasteiger partial charge is 0.398 e. The fourth-order valence-electron chi connectivity index (χ4n) is 2.49. The van der Waals surface area contributed by atoms with Crippen LogP contribution in [0.3, 0.4) is 0 Å². The predicted octanol–water partition coefficient (Wildman–Crippen LogP) is 4.52. The van der Waals surface area contributed by atoms with Crippen LogP contribution in [0.1, 0.15) is 19.9 Å². The van der Waals surface area contributed by atoms with E-state index in [1.807, 2.05) is 30.3 Å². The number of benzene rings is 2. The summed E-state index contributed by atoms with van der Waals surface area (Å²) in [7, 11) is 0. The third-order valence-electron chi connectivity index (χ3n) is 3.37. The van der Waals surface area contributed by atoms with E-state index in [1.54, 1.807) is 6.07 Å². The van der Waals surface area contributed by atoms with Crippen molar-refractivity contribution in [2.24, 2.45) is 0 Å². The van der Waals surface area contributed by atoms with Crippen molar-refractivity contribution in [3.05, 3.63) is 47.5 Å². The molecule has 3 aromatic rings. The summed E-state index contributed by atoms with van der Waals surface area (Å²) >= 11 is 5.98. The molecular weight excluding hydrogens is 270 g/mol. The van der Waals surface area contributed by atoms with Crippen molar-refractivity contribution in [3.8, 4) is 11.4 Å². The Kier molecular flexibility index (Phi) is 3.14. The summed E-state index contributed by atoms with van der Waals surface area (Å²) in [6, 6.07) is 14.0. The quantitative estimate of drug-likeness (QED) is 0.704. The number of aromatic nitrogens is 2. The van der Waals surface area contributed by atoms with E-state index in [2.05, 4.69) is 24.5 Å². The molecule has 0 fully saturated rings. The molecule has 3 rings (SSSR count). The van der Waals surface area contributed by atoms with Gasteiger partial charge in [0.15, 0.2) is 0 Å². The molecule has 3 nitrogen and oxygen atoms in total. The lowest BCUT2D eigenvalue weighted by Crippen LogP contribution is -2.04. The van der Waals surface area contributed by atoms with Gasteiger partial charge in [0.2, 0.25) is 0 Å². The number of nitrogen functional groups attached to an aromatic ring is 1. The molecule has 0 bridgehead atoms. The average Bonchev–Trinajstić information content (AvgIpc) is 2.77. The lowest BCUT2D eigenvalue weighted by molar-refractivity contribution is 0.624. The zero-order valence-corrected chi connectivity index (χ0v) is 12.2. The average molecular weight is 286 g/mol. The lowest BCUT2D eigenvalue weighted by atomic mass is 10.1. The first-order valence-electron chi connectivity index (χ1n) is 6.60. The van der Waals surface area contributed by atoms with Crippen LogP contribution in [0, 0.1) is 0 Å². The maximum atomic E-state index is 6.11. The van der Waals surface area contributed by atoms with Crippen LogP contribution in [-0.4, -0.2) is 9.55 Å². The van der Waals surface area contributed by atoms with Gasteiger partial charge >= 0.3 is 0 Å². The van der Waals surface area contributed by atoms with E-state index in [0.717, 1.165) is 22.4 Å². The summed E-state index contributed by atoms with van der Waals surface area (Å²) in [6.45, 7) is 4.29. The molecule has 4 heteroatoms. The summed E-state index contributed by atoms with van der Waals surface area (Å²) < 4.78 is 2.20. The normalized spacial score (nSPS) is 11.4. The van der Waals surface area contributed by atoms with Crippen molar-refractivity contribution in [1.82, 2.24) is 9.55 Å². The highest BCUT2D eigenvalue weighted by Crippen LogP contribution is 2.32. The van der Waals surface area contributed by atoms with E-state index < -0.39 is 0 Å². The van der Waals surface area contributed by atoms with Crippen molar-refractivity contribution in [2.75, 3.05) is 5.73 Å². The molecule has 0 radical (unpaired) electrons. The van der Waals surface area contributed by atoms with Gasteiger partial charge in [0.1, 0.15) is 5.82 Å². The third kappa shape index (κ3) is 2.04. The molecule has 0 saturated heterocycles. The molecule has 1 aromatic heterocycles. The summed E-state index contributed by atoms with van der Waals surface area (Å²) in [5, 5.41) is 0.637. The molecule has 0 amide bonds. The number of hydrogen-bond acceptors (Lipinski definition) is 2. The molecular formula is C16H16ClN3. The lowest BCUT2D eigenvalue weighted by Gasteiger charge is -2.14. The highest BCUT2D eigenvalue weighted by Gasteiger charge is 2.16. The van der Waals surface area contributed by atoms with Crippen molar-refractivity contribution >= 4 is 28.3 Å². The van der Waals surface area contributed by atoms with Crippen molar-refractivity contribution in [3.63, 3.8) is 0 Å². The van der Waals surface area contributed by atoms with Gasteiger partial charge in [-0.15, -0.1) is 0 Å². The van der Waals surface area contributed by atoms with Crippen LogP contribution < -0.4 is 5.73 Å². The molecule has 0 atom stereocenters. The van der Waals surface area contributed by atoms with Gasteiger partial charge in [-0.2, -0.15) is 0 Å². The van der Waals surface area contributed by atoms with E-state index in [4.69, 9.17) is 22.3 Å². The van der Waals surface area contributed by atoms with Crippen LogP contribution in [0.25, 0.3) is 22.4 Å². The first-order valence-corrected chi connectivity index (χ1v) is 6.98. The zero-order valence-electron chi connectivity index (χ0n) is 11.5. The van der Waals surface area contributed by atoms with Gasteiger partial charge in [0.05, 0.1) is 11.0 Å². The summed E-state index contributed by atoms with van der Waals surface area (Å²) in [5.41, 5.74) is 9.77. The first-order chi connectivity index (χ1) is 9.58. The Labute approximate surface area is 123 Å². The second-order valence-corrected chi connectivity index (χ2v) is 5.56. The molecule has 0 aliphatic heterocycles. The predicted molar refractivity (Wildman–Crippen MR) is 85.0 cm³/mol. The SMILES string of the molecule is CC(C)n1c(-c2ccc(Cl)cc2N)nc2ccccc21. The molecule has 20 heavy (non-hydrogen) atoms. The highest BCUT2D eigenvalue weighted by molar-refractivity contribution is 6.31. The third-order valence-corrected chi connectivity index (χ3v) is 3.60. The van der Waals surface area contributed by atoms with Crippen LogP contribution in [0.2, 0.25) is 5.02 Å². The van der Waals surface area contributed by atoms with Crippen molar-refractivity contribution in [1.29, 1.82) is 0 Å². The molecule has 102 valence electrons. The molecule has 0 unspecified atom stereocenters. The minimum atomic E-state index is 0.299. The van der Waals surface area contributed by atoms with E-state index in [-0.39, 0.29) is 0 Å². The van der Waals surface area contributed by atoms with Crippen LogP contribution in [0.5, 0.6) is 0 Å². The Hall–Kier alpha value is -2.00. The number of halogens is 1. The number of anilines is 1. The van der Waals surface area contributed by atoms with Crippen LogP contribution in [0.4, 0.5) is 5.69 Å². The van der Waals surface area contributed by atoms with Gasteiger partial charge in [-0.25, -0.2) is 4.98 Å². The van der Waals surface area contributed by atoms with Crippen LogP contribution in [0.15, 0.2) is 42.5 Å². The summed E-state index contributed by atoms with van der Waals surface area (Å²) in [5.74, 6) is 0.885. The number of para-hydroxylation sites is 2. The Morgan fingerprint density at radius 3 is 2.60 bits per heavy atom. The van der Waals surface area contributed by atoms with Crippen LogP contribution in [-0.2, 0) is 0 Å². The van der Waals surface area contributed by atoms with E-state index >= 15 is 0 Å². The maximum absolute atomic E-state index is 6.11. The second kappa shape index (κ2) is 4.84. The topological polar surface area (TPSA) is 43.8 Å². The number of rotatable bonds is 2. The van der Waals surface area contributed by atoms with Gasteiger partial charge in [-0.05, 0) is 44.2 Å². The minimum absolute atomic E-state index is 0.299. The smallest absolute Gasteiger partial charge is 0.143 e.